The SMILES string of the molecule is CN=C(NCCc1nc(C(F)(F)F)cs1)NCc1ccc(-n2ccnc2C)nc1.I. The van der Waals surface area contributed by atoms with Crippen molar-refractivity contribution in [1.29, 1.82) is 0 Å². The number of aliphatic imine (C=N–C) groups is 1. The maximum absolute atomic E-state index is 12.6. The molecular weight excluding hydrogens is 530 g/mol. The first-order valence-electron chi connectivity index (χ1n) is 8.78. The van der Waals surface area contributed by atoms with Crippen LogP contribution in [0, 0.1) is 6.92 Å². The predicted octanol–water partition coefficient (Wildman–Crippen LogP) is 3.58. The molecular formula is C18H21F3IN7S. The number of guanidine groups is 1. The number of aryl methyl sites for hydroxylation is 1. The zero-order valence-electron chi connectivity index (χ0n) is 16.3. The van der Waals surface area contributed by atoms with Gasteiger partial charge in [0.1, 0.15) is 11.6 Å². The van der Waals surface area contributed by atoms with Crippen LogP contribution in [0.25, 0.3) is 5.82 Å². The Bertz CT molecular complexity index is 967. The van der Waals surface area contributed by atoms with Gasteiger partial charge in [-0.15, -0.1) is 35.3 Å². The Balaban J connectivity index is 0.00000320. The number of hydrogen-bond donors (Lipinski definition) is 2. The Morgan fingerprint density at radius 3 is 2.60 bits per heavy atom. The van der Waals surface area contributed by atoms with E-state index in [0.717, 1.165) is 33.9 Å². The van der Waals surface area contributed by atoms with Crippen molar-refractivity contribution in [2.24, 2.45) is 4.99 Å². The molecule has 0 radical (unpaired) electrons. The molecule has 3 rings (SSSR count). The fraction of sp³-hybridized carbons (Fsp3) is 0.333. The molecule has 0 amide bonds. The van der Waals surface area contributed by atoms with E-state index < -0.39 is 11.9 Å². The van der Waals surface area contributed by atoms with E-state index in [9.17, 15) is 13.2 Å². The molecule has 162 valence electrons. The van der Waals surface area contributed by atoms with Crippen LogP contribution in [-0.4, -0.2) is 39.1 Å². The first kappa shape index (κ1) is 24.1. The van der Waals surface area contributed by atoms with E-state index in [0.29, 0.717) is 30.5 Å². The molecule has 3 aromatic heterocycles. The number of nitrogens with zero attached hydrogens (tertiary/aromatic N) is 5. The molecule has 0 fully saturated rings. The fourth-order valence-electron chi connectivity index (χ4n) is 2.53. The number of rotatable bonds is 6. The lowest BCUT2D eigenvalue weighted by Gasteiger charge is -2.12. The number of halogens is 4. The molecule has 0 atom stereocenters. The fourth-order valence-corrected chi connectivity index (χ4v) is 3.34. The van der Waals surface area contributed by atoms with Gasteiger partial charge >= 0.3 is 6.18 Å². The molecule has 0 unspecified atom stereocenters. The summed E-state index contributed by atoms with van der Waals surface area (Å²) in [6, 6.07) is 3.86. The highest BCUT2D eigenvalue weighted by Crippen LogP contribution is 2.29. The summed E-state index contributed by atoms with van der Waals surface area (Å²) in [6.45, 7) is 2.83. The predicted molar refractivity (Wildman–Crippen MR) is 121 cm³/mol. The van der Waals surface area contributed by atoms with Crippen molar-refractivity contribution in [2.75, 3.05) is 13.6 Å². The van der Waals surface area contributed by atoms with Gasteiger partial charge in [-0.05, 0) is 18.6 Å². The molecule has 3 aromatic rings. The number of nitrogens with one attached hydrogen (secondary N) is 2. The average Bonchev–Trinajstić information content (AvgIpc) is 3.34. The van der Waals surface area contributed by atoms with Crippen molar-refractivity contribution < 1.29 is 13.2 Å². The molecule has 0 aliphatic carbocycles. The zero-order valence-corrected chi connectivity index (χ0v) is 19.4. The van der Waals surface area contributed by atoms with Gasteiger partial charge in [-0.2, -0.15) is 13.2 Å². The van der Waals surface area contributed by atoms with E-state index in [1.807, 2.05) is 29.8 Å². The summed E-state index contributed by atoms with van der Waals surface area (Å²) in [5.74, 6) is 2.19. The van der Waals surface area contributed by atoms with Gasteiger partial charge in [0, 0.05) is 50.5 Å². The van der Waals surface area contributed by atoms with Gasteiger partial charge in [-0.25, -0.2) is 15.0 Å². The standard InChI is InChI=1S/C18H20F3N7S.HI/c1-12-23-7-8-28(12)15-4-3-13(9-25-15)10-26-17(22-2)24-6-5-16-27-14(11-29-16)18(19,20)21;/h3-4,7-9,11H,5-6,10H2,1-2H3,(H2,22,24,26);1H. The highest BCUT2D eigenvalue weighted by Gasteiger charge is 2.33. The van der Waals surface area contributed by atoms with Gasteiger partial charge < -0.3 is 10.6 Å². The van der Waals surface area contributed by atoms with E-state index in [-0.39, 0.29) is 24.0 Å². The molecule has 30 heavy (non-hydrogen) atoms. The molecule has 3 heterocycles. The topological polar surface area (TPSA) is 80.0 Å². The third kappa shape index (κ3) is 6.39. The van der Waals surface area contributed by atoms with Crippen LogP contribution in [0.4, 0.5) is 13.2 Å². The van der Waals surface area contributed by atoms with Crippen molar-refractivity contribution in [2.45, 2.75) is 26.1 Å². The number of aromatic nitrogens is 4. The summed E-state index contributed by atoms with van der Waals surface area (Å²) >= 11 is 1.00. The first-order chi connectivity index (χ1) is 13.9. The average molecular weight is 551 g/mol. The maximum Gasteiger partial charge on any atom is 0.434 e. The number of hydrogen-bond acceptors (Lipinski definition) is 5. The van der Waals surface area contributed by atoms with Crippen molar-refractivity contribution in [1.82, 2.24) is 30.2 Å². The van der Waals surface area contributed by atoms with Gasteiger partial charge in [0.2, 0.25) is 0 Å². The summed E-state index contributed by atoms with van der Waals surface area (Å²) in [5.41, 5.74) is 0.117. The monoisotopic (exact) mass is 551 g/mol. The van der Waals surface area contributed by atoms with Crippen molar-refractivity contribution in [3.05, 3.63) is 58.2 Å². The third-order valence-corrected chi connectivity index (χ3v) is 4.95. The quantitative estimate of drug-likeness (QED) is 0.278. The Morgan fingerprint density at radius 2 is 2.03 bits per heavy atom. The van der Waals surface area contributed by atoms with Crippen LogP contribution >= 0.6 is 35.3 Å². The number of pyridine rings is 1. The van der Waals surface area contributed by atoms with Crippen LogP contribution < -0.4 is 10.6 Å². The normalized spacial score (nSPS) is 11.8. The molecule has 2 N–H and O–H groups in total. The summed E-state index contributed by atoms with van der Waals surface area (Å²) in [6.07, 6.45) is 1.31. The minimum atomic E-state index is -4.40. The van der Waals surface area contributed by atoms with Gasteiger partial charge in [0.15, 0.2) is 11.7 Å². The van der Waals surface area contributed by atoms with Crippen LogP contribution in [0.15, 0.2) is 41.1 Å². The van der Waals surface area contributed by atoms with Gasteiger partial charge in [-0.1, -0.05) is 6.07 Å². The Morgan fingerprint density at radius 1 is 1.23 bits per heavy atom. The third-order valence-electron chi connectivity index (χ3n) is 4.04. The number of thiazole rings is 1. The molecule has 0 saturated heterocycles. The smallest absolute Gasteiger partial charge is 0.356 e. The molecule has 0 aliphatic rings. The van der Waals surface area contributed by atoms with Crippen LogP contribution in [0.1, 0.15) is 22.1 Å². The lowest BCUT2D eigenvalue weighted by atomic mass is 10.3. The number of imidazole rings is 1. The number of alkyl halides is 3. The van der Waals surface area contributed by atoms with Crippen LogP contribution in [0.3, 0.4) is 0 Å². The second-order valence-electron chi connectivity index (χ2n) is 6.10. The van der Waals surface area contributed by atoms with E-state index in [4.69, 9.17) is 0 Å². The second kappa shape index (κ2) is 10.7. The summed E-state index contributed by atoms with van der Waals surface area (Å²) in [5, 5.41) is 7.68. The minimum absolute atomic E-state index is 0. The molecule has 0 saturated carbocycles. The van der Waals surface area contributed by atoms with E-state index >= 15 is 0 Å². The van der Waals surface area contributed by atoms with Crippen LogP contribution in [-0.2, 0) is 19.1 Å². The highest BCUT2D eigenvalue weighted by atomic mass is 127. The lowest BCUT2D eigenvalue weighted by molar-refractivity contribution is -0.140. The van der Waals surface area contributed by atoms with E-state index in [1.165, 1.54) is 0 Å². The Kier molecular flexibility index (Phi) is 8.58. The lowest BCUT2D eigenvalue weighted by Crippen LogP contribution is -2.37. The van der Waals surface area contributed by atoms with Crippen molar-refractivity contribution in [3.8, 4) is 5.82 Å². The molecule has 0 aromatic carbocycles. The van der Waals surface area contributed by atoms with Gasteiger partial charge in [0.05, 0.1) is 5.01 Å². The van der Waals surface area contributed by atoms with Crippen molar-refractivity contribution in [3.63, 3.8) is 0 Å². The van der Waals surface area contributed by atoms with Crippen LogP contribution in [0.2, 0.25) is 0 Å². The van der Waals surface area contributed by atoms with Gasteiger partial charge in [0.25, 0.3) is 0 Å². The van der Waals surface area contributed by atoms with E-state index in [1.54, 1.807) is 19.4 Å². The molecule has 0 aliphatic heterocycles. The Labute approximate surface area is 192 Å². The summed E-state index contributed by atoms with van der Waals surface area (Å²) in [4.78, 5) is 16.3. The molecule has 7 nitrogen and oxygen atoms in total. The molecule has 0 bridgehead atoms. The second-order valence-corrected chi connectivity index (χ2v) is 7.04. The highest BCUT2D eigenvalue weighted by molar-refractivity contribution is 14.0. The zero-order chi connectivity index (χ0) is 20.9. The summed E-state index contributed by atoms with van der Waals surface area (Å²) in [7, 11) is 1.63. The Hall–Kier alpha value is -2.22. The maximum atomic E-state index is 12.6. The largest absolute Gasteiger partial charge is 0.434 e. The van der Waals surface area contributed by atoms with Gasteiger partial charge in [-0.3, -0.25) is 9.56 Å². The molecule has 0 spiro atoms. The van der Waals surface area contributed by atoms with E-state index in [2.05, 4.69) is 30.6 Å². The summed E-state index contributed by atoms with van der Waals surface area (Å²) < 4.78 is 39.6. The first-order valence-corrected chi connectivity index (χ1v) is 9.66. The minimum Gasteiger partial charge on any atom is -0.356 e. The van der Waals surface area contributed by atoms with Crippen molar-refractivity contribution >= 4 is 41.3 Å². The molecule has 12 heteroatoms. The van der Waals surface area contributed by atoms with Crippen LogP contribution in [0.5, 0.6) is 0 Å².